The van der Waals surface area contributed by atoms with E-state index in [0.29, 0.717) is 10.6 Å². The fraction of sp³-hybridized carbons (Fsp3) is 0.364. The number of nitrogens with zero attached hydrogens (tertiary/aromatic N) is 1. The molecule has 7 heteroatoms. The van der Waals surface area contributed by atoms with Crippen molar-refractivity contribution in [2.45, 2.75) is 38.5 Å². The van der Waals surface area contributed by atoms with E-state index in [1.54, 1.807) is 19.1 Å². The number of hydrogen-bond donors (Lipinski definition) is 2. The summed E-state index contributed by atoms with van der Waals surface area (Å²) < 4.78 is 5.70. The number of ether oxygens (including phenoxy) is 1. The minimum absolute atomic E-state index is 0.0118. The van der Waals surface area contributed by atoms with Gasteiger partial charge in [-0.05, 0) is 44.0 Å². The van der Waals surface area contributed by atoms with E-state index in [-0.39, 0.29) is 19.3 Å². The van der Waals surface area contributed by atoms with E-state index in [4.69, 9.17) is 16.3 Å². The van der Waals surface area contributed by atoms with Crippen molar-refractivity contribution in [1.29, 1.82) is 0 Å². The number of urea groups is 1. The SMILES string of the molecule is Cc1ccc([C@@]2(C)NC(=O)N(C[C@H](O)CO[C@@H](C)c3ccc(Cl)cc3)C2=O)cc1. The molecule has 29 heavy (non-hydrogen) atoms. The molecule has 2 aromatic rings. The number of rotatable bonds is 7. The Balaban J connectivity index is 1.60. The molecule has 0 saturated carbocycles. The third-order valence-corrected chi connectivity index (χ3v) is 5.43. The van der Waals surface area contributed by atoms with Gasteiger partial charge in [-0.1, -0.05) is 53.6 Å². The number of aliphatic hydroxyl groups is 1. The van der Waals surface area contributed by atoms with Crippen LogP contribution in [-0.4, -0.2) is 41.2 Å². The fourth-order valence-corrected chi connectivity index (χ4v) is 3.42. The van der Waals surface area contributed by atoms with Gasteiger partial charge in [-0.15, -0.1) is 0 Å². The van der Waals surface area contributed by atoms with Gasteiger partial charge in [0.2, 0.25) is 0 Å². The number of aryl methyl sites for hydroxylation is 1. The Kier molecular flexibility index (Phi) is 6.27. The standard InChI is InChI=1S/C22H25ClN2O4/c1-14-4-8-17(9-5-14)22(3)20(27)25(21(28)24-22)12-19(26)13-29-15(2)16-6-10-18(23)11-7-16/h4-11,15,19,26H,12-13H2,1-3H3,(H,24,28)/t15-,19-,22+/m0/s1. The summed E-state index contributed by atoms with van der Waals surface area (Å²) in [6.07, 6.45) is -1.26. The number of carbonyl (C=O) groups is 2. The van der Waals surface area contributed by atoms with Gasteiger partial charge in [0, 0.05) is 5.02 Å². The topological polar surface area (TPSA) is 78.9 Å². The molecule has 0 aliphatic carbocycles. The Bertz CT molecular complexity index is 885. The Labute approximate surface area is 175 Å². The maximum atomic E-state index is 12.9. The Morgan fingerprint density at radius 2 is 1.76 bits per heavy atom. The van der Waals surface area contributed by atoms with Crippen LogP contribution in [0.4, 0.5) is 4.79 Å². The number of nitrogens with one attached hydrogen (secondary N) is 1. The number of carbonyl (C=O) groups excluding carboxylic acids is 2. The maximum absolute atomic E-state index is 12.9. The summed E-state index contributed by atoms with van der Waals surface area (Å²) in [5, 5.41) is 13.7. The van der Waals surface area contributed by atoms with Gasteiger partial charge in [-0.3, -0.25) is 9.69 Å². The number of aliphatic hydroxyl groups excluding tert-OH is 1. The van der Waals surface area contributed by atoms with Crippen molar-refractivity contribution in [3.63, 3.8) is 0 Å². The van der Waals surface area contributed by atoms with Crippen LogP contribution in [0, 0.1) is 6.92 Å². The number of benzene rings is 2. The molecule has 0 spiro atoms. The van der Waals surface area contributed by atoms with Crippen LogP contribution in [0.1, 0.15) is 36.6 Å². The molecule has 1 aliphatic rings. The largest absolute Gasteiger partial charge is 0.389 e. The van der Waals surface area contributed by atoms with Crippen molar-refractivity contribution in [2.75, 3.05) is 13.2 Å². The first kappa shape index (κ1) is 21.3. The number of hydrogen-bond acceptors (Lipinski definition) is 4. The summed E-state index contributed by atoms with van der Waals surface area (Å²) in [5.74, 6) is -0.392. The Morgan fingerprint density at radius 1 is 1.14 bits per heavy atom. The molecule has 0 aromatic heterocycles. The van der Waals surface area contributed by atoms with Gasteiger partial charge in [0.1, 0.15) is 5.54 Å². The van der Waals surface area contributed by atoms with E-state index in [1.807, 2.05) is 50.2 Å². The quantitative estimate of drug-likeness (QED) is 0.676. The van der Waals surface area contributed by atoms with Gasteiger partial charge in [0.25, 0.3) is 5.91 Å². The zero-order chi connectivity index (χ0) is 21.2. The monoisotopic (exact) mass is 416 g/mol. The van der Waals surface area contributed by atoms with Gasteiger partial charge in [0.15, 0.2) is 0 Å². The van der Waals surface area contributed by atoms with Crippen molar-refractivity contribution in [1.82, 2.24) is 10.2 Å². The molecule has 2 aromatic carbocycles. The summed E-state index contributed by atoms with van der Waals surface area (Å²) >= 11 is 5.89. The summed E-state index contributed by atoms with van der Waals surface area (Å²) in [6.45, 7) is 5.33. The van der Waals surface area contributed by atoms with Crippen LogP contribution in [-0.2, 0) is 15.1 Å². The lowest BCUT2D eigenvalue weighted by Gasteiger charge is -2.23. The molecule has 3 amide bonds. The summed E-state index contributed by atoms with van der Waals surface area (Å²) in [5.41, 5.74) is 1.53. The van der Waals surface area contributed by atoms with Crippen LogP contribution in [0.3, 0.4) is 0 Å². The minimum atomic E-state index is -1.15. The molecule has 0 unspecified atom stereocenters. The van der Waals surface area contributed by atoms with E-state index in [2.05, 4.69) is 5.32 Å². The van der Waals surface area contributed by atoms with Gasteiger partial charge >= 0.3 is 6.03 Å². The highest BCUT2D eigenvalue weighted by Crippen LogP contribution is 2.29. The van der Waals surface area contributed by atoms with Crippen LogP contribution < -0.4 is 5.32 Å². The normalized spacial score (nSPS) is 21.2. The first-order valence-electron chi connectivity index (χ1n) is 9.47. The molecule has 1 saturated heterocycles. The number of amides is 3. The first-order valence-corrected chi connectivity index (χ1v) is 9.85. The van der Waals surface area contributed by atoms with Crippen LogP contribution in [0.15, 0.2) is 48.5 Å². The lowest BCUT2D eigenvalue weighted by atomic mass is 9.91. The second-order valence-electron chi connectivity index (χ2n) is 7.52. The third-order valence-electron chi connectivity index (χ3n) is 5.18. The van der Waals surface area contributed by atoms with Crippen LogP contribution in [0.2, 0.25) is 5.02 Å². The molecule has 2 N–H and O–H groups in total. The highest BCUT2D eigenvalue weighted by atomic mass is 35.5. The van der Waals surface area contributed by atoms with Crippen LogP contribution >= 0.6 is 11.6 Å². The lowest BCUT2D eigenvalue weighted by molar-refractivity contribution is -0.132. The molecule has 1 aliphatic heterocycles. The lowest BCUT2D eigenvalue weighted by Crippen LogP contribution is -2.42. The highest BCUT2D eigenvalue weighted by molar-refractivity contribution is 6.30. The summed E-state index contributed by atoms with van der Waals surface area (Å²) in [4.78, 5) is 26.4. The molecule has 6 nitrogen and oxygen atoms in total. The smallest absolute Gasteiger partial charge is 0.325 e. The van der Waals surface area contributed by atoms with Gasteiger partial charge in [-0.25, -0.2) is 4.79 Å². The number of β-amino-alcohol motifs (C(OH)–C–C–N with tert-alkyl or cyclic N) is 1. The van der Waals surface area contributed by atoms with E-state index >= 15 is 0 Å². The highest BCUT2D eigenvalue weighted by Gasteiger charge is 2.49. The van der Waals surface area contributed by atoms with Crippen LogP contribution in [0.25, 0.3) is 0 Å². The number of imide groups is 1. The Morgan fingerprint density at radius 3 is 2.38 bits per heavy atom. The predicted molar refractivity (Wildman–Crippen MR) is 111 cm³/mol. The second kappa shape index (κ2) is 8.53. The first-order chi connectivity index (χ1) is 13.7. The fourth-order valence-electron chi connectivity index (χ4n) is 3.29. The van der Waals surface area contributed by atoms with Crippen molar-refractivity contribution in [3.8, 4) is 0 Å². The number of halogens is 1. The van der Waals surface area contributed by atoms with Gasteiger partial charge in [0.05, 0.1) is 25.4 Å². The summed E-state index contributed by atoms with van der Waals surface area (Å²) in [7, 11) is 0. The van der Waals surface area contributed by atoms with Gasteiger partial charge in [-0.2, -0.15) is 0 Å². The van der Waals surface area contributed by atoms with Crippen molar-refractivity contribution in [3.05, 3.63) is 70.2 Å². The predicted octanol–water partition coefficient (Wildman–Crippen LogP) is 3.55. The van der Waals surface area contributed by atoms with E-state index < -0.39 is 23.6 Å². The van der Waals surface area contributed by atoms with Crippen molar-refractivity contribution >= 4 is 23.5 Å². The molecule has 1 fully saturated rings. The summed E-state index contributed by atoms with van der Waals surface area (Å²) in [6, 6.07) is 14.1. The van der Waals surface area contributed by atoms with E-state index in [9.17, 15) is 14.7 Å². The Hall–Kier alpha value is -2.41. The molecular formula is C22H25ClN2O4. The molecule has 1 heterocycles. The molecule has 154 valence electrons. The van der Waals surface area contributed by atoms with Crippen LogP contribution in [0.5, 0.6) is 0 Å². The molecular weight excluding hydrogens is 392 g/mol. The zero-order valence-electron chi connectivity index (χ0n) is 16.7. The zero-order valence-corrected chi connectivity index (χ0v) is 17.4. The maximum Gasteiger partial charge on any atom is 0.325 e. The second-order valence-corrected chi connectivity index (χ2v) is 7.95. The molecule has 3 atom stereocenters. The molecule has 0 bridgehead atoms. The average Bonchev–Trinajstić information content (AvgIpc) is 2.91. The van der Waals surface area contributed by atoms with E-state index in [1.165, 1.54) is 0 Å². The van der Waals surface area contributed by atoms with Crippen molar-refractivity contribution in [2.24, 2.45) is 0 Å². The van der Waals surface area contributed by atoms with Gasteiger partial charge < -0.3 is 15.2 Å². The van der Waals surface area contributed by atoms with E-state index in [0.717, 1.165) is 16.0 Å². The average molecular weight is 417 g/mol. The van der Waals surface area contributed by atoms with Crippen molar-refractivity contribution < 1.29 is 19.4 Å². The molecule has 0 radical (unpaired) electrons. The minimum Gasteiger partial charge on any atom is -0.389 e. The third kappa shape index (κ3) is 4.61. The molecule has 3 rings (SSSR count).